The first kappa shape index (κ1) is 14.4. The SMILES string of the molecule is C1CO1.CC(C)(c1ccc(O)cc1)c1ccc(O)cc1. The fourth-order valence-electron chi connectivity index (χ4n) is 1.92. The highest BCUT2D eigenvalue weighted by Gasteiger charge is 2.22. The van der Waals surface area contributed by atoms with E-state index >= 15 is 0 Å². The molecule has 1 heterocycles. The third kappa shape index (κ3) is 3.75. The summed E-state index contributed by atoms with van der Waals surface area (Å²) in [4.78, 5) is 0. The highest BCUT2D eigenvalue weighted by Crippen LogP contribution is 2.32. The molecule has 2 aromatic rings. The standard InChI is InChI=1S/C15H16O2.C2H4O/c1-15(2,11-3-7-13(16)8-4-11)12-5-9-14(17)10-6-12;1-2-3-1/h3-10,16-17H,1-2H3;1-2H2. The van der Waals surface area contributed by atoms with Crippen LogP contribution in [-0.4, -0.2) is 23.4 Å². The van der Waals surface area contributed by atoms with Gasteiger partial charge in [-0.25, -0.2) is 0 Å². The lowest BCUT2D eigenvalue weighted by atomic mass is 9.78. The van der Waals surface area contributed by atoms with Crippen molar-refractivity contribution in [2.24, 2.45) is 0 Å². The van der Waals surface area contributed by atoms with Gasteiger partial charge in [0.05, 0.1) is 13.2 Å². The second-order valence-corrected chi connectivity index (χ2v) is 5.33. The van der Waals surface area contributed by atoms with Crippen molar-refractivity contribution in [3.05, 3.63) is 59.7 Å². The van der Waals surface area contributed by atoms with E-state index in [4.69, 9.17) is 0 Å². The molecule has 0 unspecified atom stereocenters. The Labute approximate surface area is 119 Å². The highest BCUT2D eigenvalue weighted by atomic mass is 16.6. The van der Waals surface area contributed by atoms with Gasteiger partial charge in [-0.2, -0.15) is 0 Å². The van der Waals surface area contributed by atoms with Crippen LogP contribution in [-0.2, 0) is 10.2 Å². The molecule has 1 aliphatic rings. The highest BCUT2D eigenvalue weighted by molar-refractivity contribution is 5.41. The van der Waals surface area contributed by atoms with E-state index in [1.807, 2.05) is 24.3 Å². The van der Waals surface area contributed by atoms with Crippen LogP contribution in [0.3, 0.4) is 0 Å². The number of benzene rings is 2. The molecule has 106 valence electrons. The molecule has 1 fully saturated rings. The molecule has 0 spiro atoms. The summed E-state index contributed by atoms with van der Waals surface area (Å²) in [6.07, 6.45) is 0. The van der Waals surface area contributed by atoms with Crippen molar-refractivity contribution in [2.45, 2.75) is 19.3 Å². The molecule has 3 nitrogen and oxygen atoms in total. The summed E-state index contributed by atoms with van der Waals surface area (Å²) in [6.45, 7) is 6.23. The van der Waals surface area contributed by atoms with E-state index in [-0.39, 0.29) is 16.9 Å². The van der Waals surface area contributed by atoms with Gasteiger partial charge in [0.15, 0.2) is 0 Å². The minimum Gasteiger partial charge on any atom is -0.508 e. The van der Waals surface area contributed by atoms with Gasteiger partial charge < -0.3 is 14.9 Å². The molecule has 0 aromatic heterocycles. The maximum Gasteiger partial charge on any atom is 0.115 e. The lowest BCUT2D eigenvalue weighted by Crippen LogP contribution is -2.18. The van der Waals surface area contributed by atoms with Gasteiger partial charge in [-0.05, 0) is 35.4 Å². The Morgan fingerprint density at radius 1 is 0.750 bits per heavy atom. The maximum atomic E-state index is 9.30. The second kappa shape index (κ2) is 5.97. The molecular formula is C17H20O3. The van der Waals surface area contributed by atoms with E-state index in [0.717, 1.165) is 24.3 Å². The van der Waals surface area contributed by atoms with Gasteiger partial charge in [-0.3, -0.25) is 0 Å². The molecule has 20 heavy (non-hydrogen) atoms. The first-order valence-electron chi connectivity index (χ1n) is 6.67. The van der Waals surface area contributed by atoms with Crippen LogP contribution in [0.15, 0.2) is 48.5 Å². The minimum atomic E-state index is -0.151. The van der Waals surface area contributed by atoms with Crippen LogP contribution in [0.1, 0.15) is 25.0 Å². The zero-order valence-corrected chi connectivity index (χ0v) is 11.8. The number of ether oxygens (including phenoxy) is 1. The summed E-state index contributed by atoms with van der Waals surface area (Å²) in [7, 11) is 0. The number of rotatable bonds is 2. The van der Waals surface area contributed by atoms with Crippen LogP contribution >= 0.6 is 0 Å². The summed E-state index contributed by atoms with van der Waals surface area (Å²) in [5, 5.41) is 18.6. The Morgan fingerprint density at radius 2 is 1.05 bits per heavy atom. The lowest BCUT2D eigenvalue weighted by molar-refractivity contribution is 0.474. The van der Waals surface area contributed by atoms with Crippen molar-refractivity contribution in [1.82, 2.24) is 0 Å². The van der Waals surface area contributed by atoms with Crippen molar-refractivity contribution >= 4 is 0 Å². The number of hydrogen-bond acceptors (Lipinski definition) is 3. The van der Waals surface area contributed by atoms with E-state index in [2.05, 4.69) is 18.6 Å². The van der Waals surface area contributed by atoms with Crippen molar-refractivity contribution in [3.63, 3.8) is 0 Å². The zero-order valence-electron chi connectivity index (χ0n) is 11.8. The lowest BCUT2D eigenvalue weighted by Gasteiger charge is -2.26. The molecule has 0 amide bonds. The quantitative estimate of drug-likeness (QED) is 0.823. The summed E-state index contributed by atoms with van der Waals surface area (Å²) in [6, 6.07) is 14.4. The first-order valence-corrected chi connectivity index (χ1v) is 6.67. The van der Waals surface area contributed by atoms with Gasteiger partial charge in [-0.1, -0.05) is 38.1 Å². The number of hydrogen-bond donors (Lipinski definition) is 2. The predicted molar refractivity (Wildman–Crippen MR) is 79.2 cm³/mol. The normalized spacial score (nSPS) is 13.3. The zero-order chi connectivity index (χ0) is 14.6. The fraction of sp³-hybridized carbons (Fsp3) is 0.294. The molecule has 2 aromatic carbocycles. The Balaban J connectivity index is 0.000000432. The van der Waals surface area contributed by atoms with E-state index in [0.29, 0.717) is 0 Å². The monoisotopic (exact) mass is 272 g/mol. The van der Waals surface area contributed by atoms with E-state index in [1.54, 1.807) is 24.3 Å². The van der Waals surface area contributed by atoms with Crippen LogP contribution in [0.2, 0.25) is 0 Å². The Hall–Kier alpha value is -2.00. The van der Waals surface area contributed by atoms with Gasteiger partial charge in [-0.15, -0.1) is 0 Å². The third-order valence-electron chi connectivity index (χ3n) is 3.38. The van der Waals surface area contributed by atoms with Gasteiger partial charge in [0.1, 0.15) is 11.5 Å². The molecule has 0 aliphatic carbocycles. The summed E-state index contributed by atoms with van der Waals surface area (Å²) in [5.74, 6) is 0.547. The van der Waals surface area contributed by atoms with Crippen molar-refractivity contribution in [1.29, 1.82) is 0 Å². The molecular weight excluding hydrogens is 252 g/mol. The van der Waals surface area contributed by atoms with Crippen LogP contribution in [0.25, 0.3) is 0 Å². The molecule has 1 saturated heterocycles. The maximum absolute atomic E-state index is 9.30. The Bertz CT molecular complexity index is 489. The average Bonchev–Trinajstić information content (AvgIpc) is 3.28. The van der Waals surface area contributed by atoms with Gasteiger partial charge >= 0.3 is 0 Å². The second-order valence-electron chi connectivity index (χ2n) is 5.33. The van der Waals surface area contributed by atoms with E-state index in [1.165, 1.54) is 0 Å². The minimum absolute atomic E-state index is 0.151. The van der Waals surface area contributed by atoms with E-state index in [9.17, 15) is 10.2 Å². The van der Waals surface area contributed by atoms with Gasteiger partial charge in [0.25, 0.3) is 0 Å². The van der Waals surface area contributed by atoms with Crippen LogP contribution in [0.5, 0.6) is 11.5 Å². The molecule has 1 aliphatic heterocycles. The van der Waals surface area contributed by atoms with Gasteiger partial charge in [0, 0.05) is 5.41 Å². The summed E-state index contributed by atoms with van der Waals surface area (Å²) < 4.78 is 4.50. The van der Waals surface area contributed by atoms with Crippen molar-refractivity contribution in [2.75, 3.05) is 13.2 Å². The Kier molecular flexibility index (Phi) is 4.30. The van der Waals surface area contributed by atoms with Crippen LogP contribution in [0.4, 0.5) is 0 Å². The summed E-state index contributed by atoms with van der Waals surface area (Å²) >= 11 is 0. The molecule has 2 N–H and O–H groups in total. The Morgan fingerprint density at radius 3 is 1.30 bits per heavy atom. The third-order valence-corrected chi connectivity index (χ3v) is 3.38. The number of phenols is 2. The van der Waals surface area contributed by atoms with Crippen molar-refractivity contribution in [3.8, 4) is 11.5 Å². The summed E-state index contributed by atoms with van der Waals surface area (Å²) in [5.41, 5.74) is 2.10. The average molecular weight is 272 g/mol. The predicted octanol–water partition coefficient (Wildman–Crippen LogP) is 3.44. The molecule has 3 rings (SSSR count). The smallest absolute Gasteiger partial charge is 0.115 e. The number of aromatic hydroxyl groups is 2. The molecule has 0 bridgehead atoms. The first-order chi connectivity index (χ1) is 9.50. The van der Waals surface area contributed by atoms with Crippen LogP contribution in [0, 0.1) is 0 Å². The van der Waals surface area contributed by atoms with Crippen molar-refractivity contribution < 1.29 is 14.9 Å². The van der Waals surface area contributed by atoms with Crippen LogP contribution < -0.4 is 0 Å². The largest absolute Gasteiger partial charge is 0.508 e. The number of epoxide rings is 1. The molecule has 3 heteroatoms. The topological polar surface area (TPSA) is 53.0 Å². The molecule has 0 atom stereocenters. The number of phenolic OH excluding ortho intramolecular Hbond substituents is 2. The fourth-order valence-corrected chi connectivity index (χ4v) is 1.92. The van der Waals surface area contributed by atoms with Gasteiger partial charge in [0.2, 0.25) is 0 Å². The van der Waals surface area contributed by atoms with E-state index < -0.39 is 0 Å². The molecule has 0 radical (unpaired) electrons. The molecule has 0 saturated carbocycles.